The average molecular weight is 300 g/mol. The fourth-order valence-electron chi connectivity index (χ4n) is 1.69. The van der Waals surface area contributed by atoms with Crippen LogP contribution < -0.4 is 21.2 Å². The molecule has 1 aliphatic carbocycles. The number of rotatable bonds is 6. The standard InChI is InChI=1S/C14H16N6O2/c1-22-12-5-2-8(14(21)18-9-3-4-9)6-10(12)19-20-11(7-15)13(16)17/h2,5-6,9,19H,3-4H2,1H3,(H3,16,17)(H,18,21)/b20-11+. The van der Waals surface area contributed by atoms with Gasteiger partial charge in [0.1, 0.15) is 11.8 Å². The third kappa shape index (κ3) is 3.73. The lowest BCUT2D eigenvalue weighted by Gasteiger charge is -2.10. The van der Waals surface area contributed by atoms with E-state index in [4.69, 9.17) is 21.1 Å². The first-order chi connectivity index (χ1) is 10.5. The average Bonchev–Trinajstić information content (AvgIpc) is 3.31. The van der Waals surface area contributed by atoms with Gasteiger partial charge in [0.05, 0.1) is 12.8 Å². The van der Waals surface area contributed by atoms with Crippen molar-refractivity contribution >= 4 is 23.1 Å². The minimum absolute atomic E-state index is 0.177. The molecule has 0 atom stereocenters. The van der Waals surface area contributed by atoms with Gasteiger partial charge in [0.15, 0.2) is 5.84 Å². The molecule has 1 aliphatic rings. The SMILES string of the molecule is COc1ccc(C(=O)NC2CC2)cc1N/N=C(\C#N)C(=N)N. The second-order valence-electron chi connectivity index (χ2n) is 4.76. The van der Waals surface area contributed by atoms with E-state index in [9.17, 15) is 4.79 Å². The minimum Gasteiger partial charge on any atom is -0.495 e. The number of hydrazone groups is 1. The van der Waals surface area contributed by atoms with Crippen LogP contribution in [0.1, 0.15) is 23.2 Å². The first kappa shape index (κ1) is 15.3. The van der Waals surface area contributed by atoms with Crippen molar-refractivity contribution in [2.24, 2.45) is 10.8 Å². The zero-order chi connectivity index (χ0) is 16.1. The van der Waals surface area contributed by atoms with Crippen molar-refractivity contribution in [3.63, 3.8) is 0 Å². The molecule has 5 N–H and O–H groups in total. The van der Waals surface area contributed by atoms with Crippen LogP contribution in [0.25, 0.3) is 0 Å². The van der Waals surface area contributed by atoms with Gasteiger partial charge in [-0.15, -0.1) is 0 Å². The Morgan fingerprint density at radius 3 is 2.82 bits per heavy atom. The molecule has 0 unspecified atom stereocenters. The zero-order valence-corrected chi connectivity index (χ0v) is 12.0. The van der Waals surface area contributed by atoms with Crippen LogP contribution in [0.15, 0.2) is 23.3 Å². The summed E-state index contributed by atoms with van der Waals surface area (Å²) in [4.78, 5) is 12.0. The smallest absolute Gasteiger partial charge is 0.251 e. The monoisotopic (exact) mass is 300 g/mol. The molecule has 22 heavy (non-hydrogen) atoms. The predicted molar refractivity (Wildman–Crippen MR) is 82.1 cm³/mol. The molecule has 114 valence electrons. The molecular weight excluding hydrogens is 284 g/mol. The summed E-state index contributed by atoms with van der Waals surface area (Å²) in [6.07, 6.45) is 2.00. The molecule has 1 saturated carbocycles. The van der Waals surface area contributed by atoms with E-state index in [2.05, 4.69) is 15.8 Å². The fraction of sp³-hybridized carbons (Fsp3) is 0.286. The molecule has 1 aromatic carbocycles. The Morgan fingerprint density at radius 2 is 2.27 bits per heavy atom. The van der Waals surface area contributed by atoms with E-state index in [0.717, 1.165) is 12.8 Å². The molecule has 0 bridgehead atoms. The van der Waals surface area contributed by atoms with Crippen molar-refractivity contribution in [3.05, 3.63) is 23.8 Å². The van der Waals surface area contributed by atoms with E-state index in [1.807, 2.05) is 0 Å². The van der Waals surface area contributed by atoms with Crippen LogP contribution >= 0.6 is 0 Å². The lowest BCUT2D eigenvalue weighted by Crippen LogP contribution is -2.25. The van der Waals surface area contributed by atoms with Gasteiger partial charge < -0.3 is 15.8 Å². The van der Waals surface area contributed by atoms with Crippen LogP contribution in [0.3, 0.4) is 0 Å². The maximum atomic E-state index is 12.0. The van der Waals surface area contributed by atoms with Gasteiger partial charge in [-0.25, -0.2) is 0 Å². The number of nitrogens with two attached hydrogens (primary N) is 1. The lowest BCUT2D eigenvalue weighted by molar-refractivity contribution is 0.0951. The number of nitrogens with one attached hydrogen (secondary N) is 3. The van der Waals surface area contributed by atoms with Crippen LogP contribution in [0.5, 0.6) is 5.75 Å². The zero-order valence-electron chi connectivity index (χ0n) is 12.0. The van der Waals surface area contributed by atoms with Gasteiger partial charge in [-0.2, -0.15) is 10.4 Å². The number of methoxy groups -OCH3 is 1. The lowest BCUT2D eigenvalue weighted by atomic mass is 10.1. The maximum absolute atomic E-state index is 12.0. The maximum Gasteiger partial charge on any atom is 0.251 e. The third-order valence-corrected chi connectivity index (χ3v) is 3.02. The number of nitrogens with zero attached hydrogens (tertiary/aromatic N) is 2. The fourth-order valence-corrected chi connectivity index (χ4v) is 1.69. The molecule has 0 heterocycles. The summed E-state index contributed by atoms with van der Waals surface area (Å²) in [5.41, 5.74) is 8.42. The van der Waals surface area contributed by atoms with E-state index >= 15 is 0 Å². The van der Waals surface area contributed by atoms with E-state index in [-0.39, 0.29) is 17.7 Å². The van der Waals surface area contributed by atoms with Crippen LogP contribution in [0, 0.1) is 16.7 Å². The number of carbonyl (C=O) groups excluding carboxylic acids is 1. The number of carbonyl (C=O) groups is 1. The predicted octanol–water partition coefficient (Wildman–Crippen LogP) is 0.815. The number of hydrogen-bond donors (Lipinski definition) is 4. The number of amidine groups is 1. The van der Waals surface area contributed by atoms with Gasteiger partial charge in [0.2, 0.25) is 5.71 Å². The van der Waals surface area contributed by atoms with Crippen molar-refractivity contribution in [1.82, 2.24) is 5.32 Å². The Balaban J connectivity index is 2.22. The highest BCUT2D eigenvalue weighted by atomic mass is 16.5. The number of nitriles is 1. The van der Waals surface area contributed by atoms with Crippen molar-refractivity contribution in [3.8, 4) is 11.8 Å². The third-order valence-electron chi connectivity index (χ3n) is 3.02. The van der Waals surface area contributed by atoms with E-state index in [0.29, 0.717) is 17.0 Å². The normalized spacial score (nSPS) is 13.9. The second-order valence-corrected chi connectivity index (χ2v) is 4.76. The summed E-state index contributed by atoms with van der Waals surface area (Å²) in [6.45, 7) is 0. The minimum atomic E-state index is -0.448. The van der Waals surface area contributed by atoms with Crippen molar-refractivity contribution in [2.45, 2.75) is 18.9 Å². The summed E-state index contributed by atoms with van der Waals surface area (Å²) in [7, 11) is 1.48. The molecule has 2 rings (SSSR count). The highest BCUT2D eigenvalue weighted by Gasteiger charge is 2.24. The molecular formula is C14H16N6O2. The quantitative estimate of drug-likeness (QED) is 0.350. The number of ether oxygens (including phenoxy) is 1. The molecule has 1 aromatic rings. The summed E-state index contributed by atoms with van der Waals surface area (Å²) in [5, 5.41) is 22.6. The molecule has 8 nitrogen and oxygen atoms in total. The van der Waals surface area contributed by atoms with Crippen molar-refractivity contribution in [2.75, 3.05) is 12.5 Å². The first-order valence-corrected chi connectivity index (χ1v) is 6.62. The number of anilines is 1. The van der Waals surface area contributed by atoms with Gasteiger partial charge in [-0.05, 0) is 31.0 Å². The highest BCUT2D eigenvalue weighted by molar-refractivity contribution is 6.45. The van der Waals surface area contributed by atoms with Crippen LogP contribution in [0.4, 0.5) is 5.69 Å². The molecule has 0 saturated heterocycles. The molecule has 8 heteroatoms. The largest absolute Gasteiger partial charge is 0.495 e. The Kier molecular flexibility index (Phi) is 4.58. The van der Waals surface area contributed by atoms with Crippen LogP contribution in [-0.4, -0.2) is 30.6 Å². The van der Waals surface area contributed by atoms with Crippen molar-refractivity contribution < 1.29 is 9.53 Å². The Labute approximate surface area is 127 Å². The molecule has 0 spiro atoms. The molecule has 1 fully saturated rings. The van der Waals surface area contributed by atoms with Gasteiger partial charge in [-0.3, -0.25) is 15.6 Å². The molecule has 0 aliphatic heterocycles. The van der Waals surface area contributed by atoms with Crippen molar-refractivity contribution in [1.29, 1.82) is 10.7 Å². The summed E-state index contributed by atoms with van der Waals surface area (Å²) < 4.78 is 5.17. The number of amides is 1. The number of benzene rings is 1. The van der Waals surface area contributed by atoms with Gasteiger partial charge in [-0.1, -0.05) is 0 Å². The number of hydrogen-bond acceptors (Lipinski definition) is 6. The Morgan fingerprint density at radius 1 is 1.55 bits per heavy atom. The Hall–Kier alpha value is -3.08. The summed E-state index contributed by atoms with van der Waals surface area (Å²) in [6, 6.07) is 6.78. The Bertz CT molecular complexity index is 672. The van der Waals surface area contributed by atoms with Gasteiger partial charge >= 0.3 is 0 Å². The van der Waals surface area contributed by atoms with Crippen LogP contribution in [-0.2, 0) is 0 Å². The highest BCUT2D eigenvalue weighted by Crippen LogP contribution is 2.26. The molecule has 1 amide bonds. The second kappa shape index (κ2) is 6.58. The molecule has 0 aromatic heterocycles. The van der Waals surface area contributed by atoms with E-state index in [1.54, 1.807) is 24.3 Å². The van der Waals surface area contributed by atoms with E-state index in [1.165, 1.54) is 7.11 Å². The first-order valence-electron chi connectivity index (χ1n) is 6.62. The summed E-state index contributed by atoms with van der Waals surface area (Å²) >= 11 is 0. The van der Waals surface area contributed by atoms with E-state index < -0.39 is 5.84 Å². The van der Waals surface area contributed by atoms with Crippen LogP contribution in [0.2, 0.25) is 0 Å². The topological polar surface area (TPSA) is 136 Å². The summed E-state index contributed by atoms with van der Waals surface area (Å²) in [5.74, 6) is -0.173. The van der Waals surface area contributed by atoms with Gasteiger partial charge in [0, 0.05) is 11.6 Å². The molecule has 0 radical (unpaired) electrons. The van der Waals surface area contributed by atoms with Gasteiger partial charge in [0.25, 0.3) is 5.91 Å².